The third-order valence-electron chi connectivity index (χ3n) is 4.13. The van der Waals surface area contributed by atoms with Crippen LogP contribution in [-0.2, 0) is 11.2 Å². The molecule has 3 rings (SSSR count). The van der Waals surface area contributed by atoms with Crippen LogP contribution in [0.2, 0.25) is 0 Å². The van der Waals surface area contributed by atoms with Gasteiger partial charge in [-0.25, -0.2) is 0 Å². The van der Waals surface area contributed by atoms with Gasteiger partial charge in [-0.2, -0.15) is 0 Å². The van der Waals surface area contributed by atoms with Gasteiger partial charge in [0.25, 0.3) is 0 Å². The van der Waals surface area contributed by atoms with E-state index in [1.54, 1.807) is 0 Å². The predicted octanol–water partition coefficient (Wildman–Crippen LogP) is 2.30. The summed E-state index contributed by atoms with van der Waals surface area (Å²) in [6.45, 7) is 2.85. The van der Waals surface area contributed by atoms with Gasteiger partial charge in [-0.15, -0.1) is 0 Å². The van der Waals surface area contributed by atoms with E-state index in [0.717, 1.165) is 19.3 Å². The molecule has 1 atom stereocenters. The van der Waals surface area contributed by atoms with Gasteiger partial charge in [-0.05, 0) is 37.8 Å². The maximum atomic E-state index is 11.3. The fraction of sp³-hybridized carbons (Fsp3) is 0.500. The van der Waals surface area contributed by atoms with E-state index >= 15 is 0 Å². The van der Waals surface area contributed by atoms with Crippen LogP contribution in [0.15, 0.2) is 24.3 Å². The molecule has 0 amide bonds. The van der Waals surface area contributed by atoms with Crippen LogP contribution in [-0.4, -0.2) is 23.7 Å². The summed E-state index contributed by atoms with van der Waals surface area (Å²) in [5.41, 5.74) is 2.11. The van der Waals surface area contributed by atoms with E-state index in [1.807, 2.05) is 6.07 Å². The number of para-hydroxylation sites is 1. The Morgan fingerprint density at radius 2 is 2.18 bits per heavy atom. The fourth-order valence-electron chi connectivity index (χ4n) is 2.79. The molecule has 0 aromatic heterocycles. The monoisotopic (exact) mass is 231 g/mol. The van der Waals surface area contributed by atoms with Crippen molar-refractivity contribution >= 4 is 11.7 Å². The molecule has 17 heavy (non-hydrogen) atoms. The van der Waals surface area contributed by atoms with Crippen LogP contribution in [0.4, 0.5) is 5.69 Å². The van der Waals surface area contributed by atoms with Crippen molar-refractivity contribution in [3.05, 3.63) is 29.8 Å². The molecule has 1 fully saturated rings. The molecule has 3 heteroatoms. The van der Waals surface area contributed by atoms with Gasteiger partial charge in [-0.3, -0.25) is 4.79 Å². The molecule has 1 saturated carbocycles. The lowest BCUT2D eigenvalue weighted by molar-refractivity contribution is -0.142. The number of carboxylic acids is 1. The molecule has 1 aromatic rings. The minimum atomic E-state index is -0.630. The average Bonchev–Trinajstić information content (AvgIpc) is 3.01. The molecule has 1 aliphatic heterocycles. The standard InChI is InChI=1S/C14H17NO2/c1-10-8-11-4-2-3-5-12(11)15(10)9-14(6-7-14)13(16)17/h2-5,10H,6-9H2,1H3,(H,16,17). The highest BCUT2D eigenvalue weighted by Crippen LogP contribution is 2.48. The molecular formula is C14H17NO2. The minimum Gasteiger partial charge on any atom is -0.481 e. The van der Waals surface area contributed by atoms with E-state index < -0.39 is 11.4 Å². The van der Waals surface area contributed by atoms with Crippen LogP contribution in [0.5, 0.6) is 0 Å². The van der Waals surface area contributed by atoms with Gasteiger partial charge in [0, 0.05) is 18.3 Å². The van der Waals surface area contributed by atoms with Crippen molar-refractivity contribution in [1.29, 1.82) is 0 Å². The van der Waals surface area contributed by atoms with Gasteiger partial charge in [0.2, 0.25) is 0 Å². The Morgan fingerprint density at radius 1 is 1.47 bits per heavy atom. The summed E-state index contributed by atoms with van der Waals surface area (Å²) < 4.78 is 0. The number of nitrogens with zero attached hydrogens (tertiary/aromatic N) is 1. The lowest BCUT2D eigenvalue weighted by Gasteiger charge is -2.28. The first-order valence-corrected chi connectivity index (χ1v) is 6.20. The van der Waals surface area contributed by atoms with Crippen molar-refractivity contribution in [3.63, 3.8) is 0 Å². The number of fused-ring (bicyclic) bond motifs is 1. The zero-order valence-electron chi connectivity index (χ0n) is 10.0. The molecule has 1 aromatic carbocycles. The normalized spacial score (nSPS) is 24.5. The van der Waals surface area contributed by atoms with Gasteiger partial charge in [-0.1, -0.05) is 18.2 Å². The van der Waals surface area contributed by atoms with Crippen molar-refractivity contribution in [2.75, 3.05) is 11.4 Å². The van der Waals surface area contributed by atoms with Crippen LogP contribution in [0, 0.1) is 5.41 Å². The Kier molecular flexibility index (Phi) is 2.18. The van der Waals surface area contributed by atoms with Gasteiger partial charge >= 0.3 is 5.97 Å². The van der Waals surface area contributed by atoms with Crippen molar-refractivity contribution in [3.8, 4) is 0 Å². The molecule has 0 saturated heterocycles. The molecule has 90 valence electrons. The first kappa shape index (κ1) is 10.6. The quantitative estimate of drug-likeness (QED) is 0.867. The van der Waals surface area contributed by atoms with Crippen molar-refractivity contribution in [2.24, 2.45) is 5.41 Å². The van der Waals surface area contributed by atoms with Crippen LogP contribution in [0.1, 0.15) is 25.3 Å². The van der Waals surface area contributed by atoms with Crippen molar-refractivity contribution in [2.45, 2.75) is 32.2 Å². The van der Waals surface area contributed by atoms with E-state index in [2.05, 4.69) is 30.0 Å². The first-order valence-electron chi connectivity index (χ1n) is 6.20. The second kappa shape index (κ2) is 3.49. The number of rotatable bonds is 3. The average molecular weight is 231 g/mol. The summed E-state index contributed by atoms with van der Waals surface area (Å²) in [6, 6.07) is 8.76. The lowest BCUT2D eigenvalue weighted by atomic mass is 10.1. The molecule has 1 aliphatic carbocycles. The maximum Gasteiger partial charge on any atom is 0.311 e. The number of benzene rings is 1. The van der Waals surface area contributed by atoms with Crippen molar-refractivity contribution < 1.29 is 9.90 Å². The highest BCUT2D eigenvalue weighted by Gasteiger charge is 2.52. The molecule has 0 bridgehead atoms. The summed E-state index contributed by atoms with van der Waals surface area (Å²) in [6.07, 6.45) is 2.69. The third kappa shape index (κ3) is 1.61. The zero-order valence-corrected chi connectivity index (χ0v) is 10.0. The van der Waals surface area contributed by atoms with Gasteiger partial charge < -0.3 is 10.0 Å². The van der Waals surface area contributed by atoms with Crippen LogP contribution in [0.25, 0.3) is 0 Å². The highest BCUT2D eigenvalue weighted by molar-refractivity contribution is 5.79. The number of carboxylic acid groups (broad SMARTS) is 1. The van der Waals surface area contributed by atoms with Crippen LogP contribution >= 0.6 is 0 Å². The molecular weight excluding hydrogens is 214 g/mol. The van der Waals surface area contributed by atoms with E-state index in [0.29, 0.717) is 12.6 Å². The second-order valence-corrected chi connectivity index (χ2v) is 5.40. The smallest absolute Gasteiger partial charge is 0.311 e. The summed E-state index contributed by atoms with van der Waals surface area (Å²) in [7, 11) is 0. The second-order valence-electron chi connectivity index (χ2n) is 5.40. The summed E-state index contributed by atoms with van der Waals surface area (Å²) >= 11 is 0. The van der Waals surface area contributed by atoms with Gasteiger partial charge in [0.15, 0.2) is 0 Å². The fourth-order valence-corrected chi connectivity index (χ4v) is 2.79. The largest absolute Gasteiger partial charge is 0.481 e. The Hall–Kier alpha value is -1.51. The van der Waals surface area contributed by atoms with Gasteiger partial charge in [0.1, 0.15) is 0 Å². The van der Waals surface area contributed by atoms with Crippen LogP contribution in [0.3, 0.4) is 0 Å². The van der Waals surface area contributed by atoms with Crippen LogP contribution < -0.4 is 4.90 Å². The number of hydrogen-bond acceptors (Lipinski definition) is 2. The topological polar surface area (TPSA) is 40.5 Å². The Balaban J connectivity index is 1.87. The summed E-state index contributed by atoms with van der Waals surface area (Å²) in [5.74, 6) is -0.630. The van der Waals surface area contributed by atoms with E-state index in [1.165, 1.54) is 11.3 Å². The third-order valence-corrected chi connectivity index (χ3v) is 4.13. The van der Waals surface area contributed by atoms with E-state index in [9.17, 15) is 9.90 Å². The molecule has 2 aliphatic rings. The van der Waals surface area contributed by atoms with Gasteiger partial charge in [0.05, 0.1) is 5.41 Å². The highest BCUT2D eigenvalue weighted by atomic mass is 16.4. The number of hydrogen-bond donors (Lipinski definition) is 1. The molecule has 1 N–H and O–H groups in total. The summed E-state index contributed by atoms with van der Waals surface area (Å²) in [5, 5.41) is 9.27. The molecule has 1 heterocycles. The number of anilines is 1. The molecule has 0 radical (unpaired) electrons. The number of aliphatic carboxylic acids is 1. The Labute approximate surface area is 101 Å². The van der Waals surface area contributed by atoms with E-state index in [-0.39, 0.29) is 0 Å². The maximum absolute atomic E-state index is 11.3. The summed E-state index contributed by atoms with van der Waals surface area (Å²) in [4.78, 5) is 13.5. The van der Waals surface area contributed by atoms with Crippen molar-refractivity contribution in [1.82, 2.24) is 0 Å². The molecule has 1 unspecified atom stereocenters. The molecule has 3 nitrogen and oxygen atoms in total. The zero-order chi connectivity index (χ0) is 12.0. The predicted molar refractivity (Wildman–Crippen MR) is 66.3 cm³/mol. The lowest BCUT2D eigenvalue weighted by Crippen LogP contribution is -2.38. The number of carbonyl (C=O) groups is 1. The Bertz CT molecular complexity index is 465. The molecule has 0 spiro atoms. The first-order chi connectivity index (χ1) is 8.12. The minimum absolute atomic E-state index is 0.421. The Morgan fingerprint density at radius 3 is 2.82 bits per heavy atom. The van der Waals surface area contributed by atoms with E-state index in [4.69, 9.17) is 0 Å². The SMILES string of the molecule is CC1Cc2ccccc2N1CC1(C(=O)O)CC1.